The van der Waals surface area contributed by atoms with Crippen LogP contribution >= 0.6 is 0 Å². The minimum Gasteiger partial charge on any atom is -0.287 e. The van der Waals surface area contributed by atoms with Gasteiger partial charge in [-0.3, -0.25) is 5.10 Å². The molecule has 0 aliphatic carbocycles. The maximum atomic E-state index is 3.84. The largest absolute Gasteiger partial charge is 0.287 e. The Kier molecular flexibility index (Phi) is 1.48. The molecule has 1 aromatic rings. The molecule has 0 atom stereocenters. The average molecular weight is 125 g/mol. The highest BCUT2D eigenvalue weighted by Gasteiger charge is 1.98. The lowest BCUT2D eigenvalue weighted by atomic mass is 10.8. The SMILES string of the molecule is C[Si](C)c1ccn[nH]1. The summed E-state index contributed by atoms with van der Waals surface area (Å²) in [5, 5.41) is 8.08. The quantitative estimate of drug-likeness (QED) is 0.540. The van der Waals surface area contributed by atoms with Crippen molar-refractivity contribution < 1.29 is 0 Å². The lowest BCUT2D eigenvalue weighted by Crippen LogP contribution is -2.23. The first kappa shape index (κ1) is 5.56. The Morgan fingerprint density at radius 1 is 1.62 bits per heavy atom. The minimum atomic E-state index is -0.287. The van der Waals surface area contributed by atoms with Crippen LogP contribution in [0.3, 0.4) is 0 Å². The van der Waals surface area contributed by atoms with Crippen LogP contribution in [0.2, 0.25) is 13.1 Å². The smallest absolute Gasteiger partial charge is 0.103 e. The number of hydrogen-bond acceptors (Lipinski definition) is 1. The summed E-state index contributed by atoms with van der Waals surface area (Å²) < 4.78 is 0. The second kappa shape index (κ2) is 2.13. The third kappa shape index (κ3) is 0.978. The number of aromatic amines is 1. The normalized spacial score (nSPS) is 10.4. The lowest BCUT2D eigenvalue weighted by molar-refractivity contribution is 1.11. The molecular weight excluding hydrogens is 116 g/mol. The molecule has 0 bridgehead atoms. The summed E-state index contributed by atoms with van der Waals surface area (Å²) in [5.41, 5.74) is 0. The van der Waals surface area contributed by atoms with Gasteiger partial charge in [0.25, 0.3) is 0 Å². The summed E-state index contributed by atoms with van der Waals surface area (Å²) in [4.78, 5) is 0. The molecule has 2 nitrogen and oxygen atoms in total. The summed E-state index contributed by atoms with van der Waals surface area (Å²) >= 11 is 0. The van der Waals surface area contributed by atoms with E-state index in [2.05, 4.69) is 23.3 Å². The topological polar surface area (TPSA) is 28.7 Å². The Hall–Kier alpha value is -0.573. The van der Waals surface area contributed by atoms with E-state index in [1.165, 1.54) is 5.32 Å². The number of H-pyrrole nitrogens is 1. The Morgan fingerprint density at radius 2 is 2.38 bits per heavy atom. The Balaban J connectivity index is 2.77. The van der Waals surface area contributed by atoms with Crippen molar-refractivity contribution in [3.05, 3.63) is 12.3 Å². The van der Waals surface area contributed by atoms with Crippen molar-refractivity contribution in [2.75, 3.05) is 0 Å². The van der Waals surface area contributed by atoms with Crippen LogP contribution in [-0.4, -0.2) is 19.0 Å². The predicted octanol–water partition coefficient (Wildman–Crippen LogP) is 0.371. The summed E-state index contributed by atoms with van der Waals surface area (Å²) in [5.74, 6) is 0. The van der Waals surface area contributed by atoms with Gasteiger partial charge in [0, 0.05) is 11.5 Å². The van der Waals surface area contributed by atoms with Crippen molar-refractivity contribution in [2.45, 2.75) is 13.1 Å². The number of rotatable bonds is 1. The predicted molar refractivity (Wildman–Crippen MR) is 35.7 cm³/mol. The molecule has 0 saturated heterocycles. The molecule has 1 heterocycles. The van der Waals surface area contributed by atoms with Gasteiger partial charge in [-0.05, 0) is 6.07 Å². The van der Waals surface area contributed by atoms with Gasteiger partial charge in [0.15, 0.2) is 0 Å². The van der Waals surface area contributed by atoms with Crippen LogP contribution < -0.4 is 5.32 Å². The van der Waals surface area contributed by atoms with Gasteiger partial charge in [0.2, 0.25) is 0 Å². The zero-order chi connectivity index (χ0) is 5.98. The molecule has 0 amide bonds. The molecule has 0 spiro atoms. The van der Waals surface area contributed by atoms with Crippen molar-refractivity contribution in [1.29, 1.82) is 0 Å². The highest BCUT2D eigenvalue weighted by molar-refractivity contribution is 6.69. The molecule has 0 unspecified atom stereocenters. The zero-order valence-corrected chi connectivity index (χ0v) is 6.10. The van der Waals surface area contributed by atoms with E-state index in [4.69, 9.17) is 0 Å². The van der Waals surface area contributed by atoms with Crippen molar-refractivity contribution in [1.82, 2.24) is 10.2 Å². The second-order valence-corrected chi connectivity index (χ2v) is 4.51. The Labute approximate surface area is 50.5 Å². The highest BCUT2D eigenvalue weighted by Crippen LogP contribution is 1.78. The number of nitrogens with one attached hydrogen (secondary N) is 1. The van der Waals surface area contributed by atoms with Crippen molar-refractivity contribution in [3.8, 4) is 0 Å². The molecule has 0 fully saturated rings. The number of aromatic nitrogens is 2. The number of hydrogen-bond donors (Lipinski definition) is 1. The molecule has 0 aliphatic heterocycles. The molecule has 0 aliphatic rings. The van der Waals surface area contributed by atoms with Crippen LogP contribution in [0.1, 0.15) is 0 Å². The van der Waals surface area contributed by atoms with Crippen molar-refractivity contribution >= 4 is 14.1 Å². The van der Waals surface area contributed by atoms with Crippen LogP contribution in [0.4, 0.5) is 0 Å². The third-order valence-electron chi connectivity index (χ3n) is 1.04. The van der Waals surface area contributed by atoms with Gasteiger partial charge in [-0.25, -0.2) is 0 Å². The summed E-state index contributed by atoms with van der Waals surface area (Å²) in [6.07, 6.45) is 1.80. The van der Waals surface area contributed by atoms with Crippen LogP contribution in [-0.2, 0) is 0 Å². The van der Waals surface area contributed by atoms with Gasteiger partial charge in [0.05, 0.1) is 0 Å². The Bertz CT molecular complexity index is 145. The minimum absolute atomic E-state index is 0.287. The van der Waals surface area contributed by atoms with Crippen molar-refractivity contribution in [3.63, 3.8) is 0 Å². The molecule has 3 heteroatoms. The fraction of sp³-hybridized carbons (Fsp3) is 0.400. The van der Waals surface area contributed by atoms with Crippen LogP contribution in [0.15, 0.2) is 12.3 Å². The van der Waals surface area contributed by atoms with Crippen LogP contribution in [0, 0.1) is 0 Å². The standard InChI is InChI=1S/C5H9N2Si/c1-8(2)5-3-4-6-7-5/h3-4H,1-2H3,(H,6,7). The molecule has 1 rings (SSSR count). The van der Waals surface area contributed by atoms with Crippen LogP contribution in [0.25, 0.3) is 0 Å². The molecule has 0 aromatic carbocycles. The lowest BCUT2D eigenvalue weighted by Gasteiger charge is -1.92. The van der Waals surface area contributed by atoms with E-state index < -0.39 is 0 Å². The van der Waals surface area contributed by atoms with E-state index in [0.29, 0.717) is 0 Å². The van der Waals surface area contributed by atoms with Gasteiger partial charge in [-0.2, -0.15) is 5.10 Å². The first-order valence-corrected chi connectivity index (χ1v) is 5.10. The maximum absolute atomic E-state index is 3.84. The monoisotopic (exact) mass is 125 g/mol. The highest BCUT2D eigenvalue weighted by atomic mass is 28.3. The van der Waals surface area contributed by atoms with Crippen LogP contribution in [0.5, 0.6) is 0 Å². The zero-order valence-electron chi connectivity index (χ0n) is 5.10. The molecule has 0 saturated carbocycles. The van der Waals surface area contributed by atoms with E-state index in [1.807, 2.05) is 6.07 Å². The summed E-state index contributed by atoms with van der Waals surface area (Å²) in [6.45, 7) is 4.47. The maximum Gasteiger partial charge on any atom is 0.103 e. The van der Waals surface area contributed by atoms with Crippen molar-refractivity contribution in [2.24, 2.45) is 0 Å². The number of nitrogens with zero attached hydrogens (tertiary/aromatic N) is 1. The fourth-order valence-electron chi connectivity index (χ4n) is 0.534. The second-order valence-electron chi connectivity index (χ2n) is 1.97. The first-order chi connectivity index (χ1) is 3.80. The molecule has 1 radical (unpaired) electrons. The fourth-order valence-corrected chi connectivity index (χ4v) is 1.23. The van der Waals surface area contributed by atoms with Gasteiger partial charge >= 0.3 is 0 Å². The molecule has 1 aromatic heterocycles. The van der Waals surface area contributed by atoms with E-state index in [-0.39, 0.29) is 8.80 Å². The first-order valence-electron chi connectivity index (χ1n) is 2.60. The van der Waals surface area contributed by atoms with E-state index in [9.17, 15) is 0 Å². The molecular formula is C5H9N2Si. The average Bonchev–Trinajstić information content (AvgIpc) is 2.12. The molecule has 8 heavy (non-hydrogen) atoms. The van der Waals surface area contributed by atoms with Gasteiger partial charge < -0.3 is 0 Å². The van der Waals surface area contributed by atoms with E-state index in [0.717, 1.165) is 0 Å². The van der Waals surface area contributed by atoms with E-state index >= 15 is 0 Å². The summed E-state index contributed by atoms with van der Waals surface area (Å²) in [6, 6.07) is 2.04. The Morgan fingerprint density at radius 3 is 2.62 bits per heavy atom. The van der Waals surface area contributed by atoms with E-state index in [1.54, 1.807) is 6.20 Å². The third-order valence-corrected chi connectivity index (χ3v) is 2.40. The molecule has 1 N–H and O–H groups in total. The van der Waals surface area contributed by atoms with Gasteiger partial charge in [-0.15, -0.1) is 0 Å². The molecule has 43 valence electrons. The van der Waals surface area contributed by atoms with Gasteiger partial charge in [0.1, 0.15) is 8.80 Å². The summed E-state index contributed by atoms with van der Waals surface area (Å²) in [7, 11) is -0.287. The van der Waals surface area contributed by atoms with Gasteiger partial charge in [-0.1, -0.05) is 13.1 Å².